The normalized spacial score (nSPS) is 11.4. The van der Waals surface area contributed by atoms with Gasteiger partial charge in [0.15, 0.2) is 5.82 Å². The summed E-state index contributed by atoms with van der Waals surface area (Å²) in [6.45, 7) is 5.11. The molecule has 10 heteroatoms. The minimum atomic E-state index is -0.483. The van der Waals surface area contributed by atoms with Crippen molar-refractivity contribution in [2.75, 3.05) is 30.0 Å². The molecule has 0 bridgehead atoms. The zero-order valence-electron chi connectivity index (χ0n) is 16.7. The number of amides is 3. The number of nitrogens with zero attached hydrogens (tertiary/aromatic N) is 1. The Balaban J connectivity index is 1.73. The number of anilines is 2. The first-order chi connectivity index (χ1) is 13.8. The monoisotopic (exact) mass is 420 g/mol. The average Bonchev–Trinajstić information content (AvgIpc) is 3.09. The van der Waals surface area contributed by atoms with E-state index in [4.69, 9.17) is 9.26 Å². The van der Waals surface area contributed by atoms with Gasteiger partial charge >= 0.3 is 0 Å². The fraction of sp³-hybridized carbons (Fsp3) is 0.368. The third-order valence-corrected chi connectivity index (χ3v) is 4.93. The van der Waals surface area contributed by atoms with Crippen molar-refractivity contribution in [2.45, 2.75) is 26.0 Å². The highest BCUT2D eigenvalue weighted by atomic mass is 32.2. The molecule has 9 nitrogen and oxygen atoms in total. The van der Waals surface area contributed by atoms with Crippen LogP contribution in [0.15, 0.2) is 28.8 Å². The van der Waals surface area contributed by atoms with Crippen LogP contribution in [0.5, 0.6) is 5.75 Å². The van der Waals surface area contributed by atoms with Gasteiger partial charge in [-0.25, -0.2) is 0 Å². The zero-order chi connectivity index (χ0) is 21.4. The topological polar surface area (TPSA) is 123 Å². The van der Waals surface area contributed by atoms with Gasteiger partial charge in [0.1, 0.15) is 11.5 Å². The lowest BCUT2D eigenvalue weighted by molar-refractivity contribution is -0.122. The Hall–Kier alpha value is -3.01. The van der Waals surface area contributed by atoms with E-state index >= 15 is 0 Å². The van der Waals surface area contributed by atoms with Gasteiger partial charge in [-0.1, -0.05) is 11.2 Å². The van der Waals surface area contributed by atoms with Crippen LogP contribution in [-0.4, -0.2) is 47.5 Å². The van der Waals surface area contributed by atoms with Crippen molar-refractivity contribution in [3.8, 4) is 5.75 Å². The SMILES string of the molecule is COc1ccc(C)cc1NC(=O)CNC(=O)CSC(C)C(=O)Nc1cc(C)on1. The predicted molar refractivity (Wildman–Crippen MR) is 111 cm³/mol. The summed E-state index contributed by atoms with van der Waals surface area (Å²) in [5.74, 6) is 0.466. The van der Waals surface area contributed by atoms with E-state index < -0.39 is 5.25 Å². The minimum Gasteiger partial charge on any atom is -0.495 e. The van der Waals surface area contributed by atoms with E-state index in [1.54, 1.807) is 32.0 Å². The average molecular weight is 420 g/mol. The van der Waals surface area contributed by atoms with Crippen LogP contribution in [0.25, 0.3) is 0 Å². The maximum absolute atomic E-state index is 12.1. The fourth-order valence-corrected chi connectivity index (χ4v) is 2.99. The third-order valence-electron chi connectivity index (χ3n) is 3.79. The van der Waals surface area contributed by atoms with Crippen LogP contribution in [0.1, 0.15) is 18.2 Å². The first-order valence-corrected chi connectivity index (χ1v) is 9.90. The summed E-state index contributed by atoms with van der Waals surface area (Å²) >= 11 is 1.15. The molecule has 1 aromatic carbocycles. The Bertz CT molecular complexity index is 883. The Morgan fingerprint density at radius 1 is 1.17 bits per heavy atom. The van der Waals surface area contributed by atoms with E-state index in [0.29, 0.717) is 23.0 Å². The third kappa shape index (κ3) is 7.15. The second-order valence-electron chi connectivity index (χ2n) is 6.29. The molecule has 0 spiro atoms. The van der Waals surface area contributed by atoms with Crippen molar-refractivity contribution >= 4 is 41.0 Å². The molecule has 0 aliphatic rings. The van der Waals surface area contributed by atoms with Crippen molar-refractivity contribution in [3.05, 3.63) is 35.6 Å². The van der Waals surface area contributed by atoms with E-state index in [1.807, 2.05) is 13.0 Å². The molecule has 1 heterocycles. The molecule has 0 saturated heterocycles. The Kier molecular flexibility index (Phi) is 8.08. The lowest BCUT2D eigenvalue weighted by atomic mass is 10.2. The summed E-state index contributed by atoms with van der Waals surface area (Å²) < 4.78 is 10.1. The molecule has 1 atom stereocenters. The van der Waals surface area contributed by atoms with Crippen molar-refractivity contribution in [2.24, 2.45) is 0 Å². The zero-order valence-corrected chi connectivity index (χ0v) is 17.5. The summed E-state index contributed by atoms with van der Waals surface area (Å²) in [6, 6.07) is 7.01. The first kappa shape index (κ1) is 22.3. The number of aryl methyl sites for hydroxylation is 2. The maximum atomic E-state index is 12.1. The number of rotatable bonds is 9. The van der Waals surface area contributed by atoms with Gasteiger partial charge in [0.2, 0.25) is 17.7 Å². The Morgan fingerprint density at radius 2 is 1.93 bits per heavy atom. The minimum absolute atomic E-state index is 0.0352. The van der Waals surface area contributed by atoms with E-state index in [2.05, 4.69) is 21.1 Å². The number of hydrogen-bond acceptors (Lipinski definition) is 7. The summed E-state index contributed by atoms with van der Waals surface area (Å²) in [7, 11) is 1.51. The lowest BCUT2D eigenvalue weighted by Crippen LogP contribution is -2.34. The molecule has 156 valence electrons. The van der Waals surface area contributed by atoms with Gasteiger partial charge in [0, 0.05) is 6.07 Å². The van der Waals surface area contributed by atoms with Crippen molar-refractivity contribution in [1.82, 2.24) is 10.5 Å². The molecule has 0 radical (unpaired) electrons. The van der Waals surface area contributed by atoms with Gasteiger partial charge < -0.3 is 25.2 Å². The highest BCUT2D eigenvalue weighted by Crippen LogP contribution is 2.24. The number of benzene rings is 1. The number of nitrogens with one attached hydrogen (secondary N) is 3. The fourth-order valence-electron chi connectivity index (χ4n) is 2.27. The second kappa shape index (κ2) is 10.5. The van der Waals surface area contributed by atoms with Crippen molar-refractivity contribution in [3.63, 3.8) is 0 Å². The van der Waals surface area contributed by atoms with Crippen LogP contribution in [-0.2, 0) is 14.4 Å². The van der Waals surface area contributed by atoms with Gasteiger partial charge in [-0.15, -0.1) is 11.8 Å². The van der Waals surface area contributed by atoms with E-state index in [-0.39, 0.29) is 30.0 Å². The van der Waals surface area contributed by atoms with Crippen molar-refractivity contribution < 1.29 is 23.6 Å². The van der Waals surface area contributed by atoms with E-state index in [9.17, 15) is 14.4 Å². The predicted octanol–water partition coefficient (Wildman–Crippen LogP) is 2.12. The lowest BCUT2D eigenvalue weighted by Gasteiger charge is -2.12. The molecular weight excluding hydrogens is 396 g/mol. The van der Waals surface area contributed by atoms with Crippen LogP contribution >= 0.6 is 11.8 Å². The number of carbonyl (C=O) groups excluding carboxylic acids is 3. The summed E-state index contributed by atoms with van der Waals surface area (Å²) in [5.41, 5.74) is 1.50. The first-order valence-electron chi connectivity index (χ1n) is 8.85. The highest BCUT2D eigenvalue weighted by molar-refractivity contribution is 8.01. The molecule has 0 aliphatic heterocycles. The van der Waals surface area contributed by atoms with E-state index in [1.165, 1.54) is 7.11 Å². The molecule has 0 aliphatic carbocycles. The largest absolute Gasteiger partial charge is 0.495 e. The summed E-state index contributed by atoms with van der Waals surface area (Å²) in [5, 5.41) is 11.0. The molecule has 1 unspecified atom stereocenters. The quantitative estimate of drug-likeness (QED) is 0.568. The standard InChI is InChI=1S/C19H24N4O5S/c1-11-5-6-15(27-4)14(7-11)21-17(24)9-20-18(25)10-29-13(3)19(26)22-16-8-12(2)28-23-16/h5-8,13H,9-10H2,1-4H3,(H,20,25)(H,21,24)(H,22,23,26). The number of carbonyl (C=O) groups is 3. The van der Waals surface area contributed by atoms with Gasteiger partial charge in [0.05, 0.1) is 30.3 Å². The number of aromatic nitrogens is 1. The summed E-state index contributed by atoms with van der Waals surface area (Å²) in [6.07, 6.45) is 0. The molecule has 0 saturated carbocycles. The molecule has 2 aromatic rings. The Morgan fingerprint density at radius 3 is 2.59 bits per heavy atom. The summed E-state index contributed by atoms with van der Waals surface area (Å²) in [4.78, 5) is 36.1. The Labute approximate surface area is 172 Å². The molecule has 1 aromatic heterocycles. The molecule has 0 fully saturated rings. The maximum Gasteiger partial charge on any atom is 0.243 e. The number of methoxy groups -OCH3 is 1. The second-order valence-corrected chi connectivity index (χ2v) is 7.62. The van der Waals surface area contributed by atoms with Crippen molar-refractivity contribution in [1.29, 1.82) is 0 Å². The molecule has 3 amide bonds. The van der Waals surface area contributed by atoms with Gasteiger partial charge in [0.25, 0.3) is 0 Å². The molecule has 29 heavy (non-hydrogen) atoms. The van der Waals surface area contributed by atoms with Crippen LogP contribution < -0.4 is 20.7 Å². The number of ether oxygens (including phenoxy) is 1. The number of hydrogen-bond donors (Lipinski definition) is 3. The smallest absolute Gasteiger partial charge is 0.243 e. The van der Waals surface area contributed by atoms with Crippen LogP contribution in [0.4, 0.5) is 11.5 Å². The van der Waals surface area contributed by atoms with Gasteiger partial charge in [-0.2, -0.15) is 0 Å². The molecule has 3 N–H and O–H groups in total. The van der Waals surface area contributed by atoms with Gasteiger partial charge in [-0.3, -0.25) is 14.4 Å². The van der Waals surface area contributed by atoms with Crippen LogP contribution in [0.2, 0.25) is 0 Å². The van der Waals surface area contributed by atoms with Crippen LogP contribution in [0, 0.1) is 13.8 Å². The van der Waals surface area contributed by atoms with E-state index in [0.717, 1.165) is 17.3 Å². The highest BCUT2D eigenvalue weighted by Gasteiger charge is 2.17. The van der Waals surface area contributed by atoms with Crippen LogP contribution in [0.3, 0.4) is 0 Å². The number of thioether (sulfide) groups is 1. The molecule has 2 rings (SSSR count). The molecular formula is C19H24N4O5S. The van der Waals surface area contributed by atoms with Gasteiger partial charge in [-0.05, 0) is 38.5 Å².